The van der Waals surface area contributed by atoms with Crippen molar-refractivity contribution in [3.63, 3.8) is 0 Å². The lowest BCUT2D eigenvalue weighted by Crippen LogP contribution is -2.30. The number of hydrazine groups is 1. The molecular weight excluding hydrogens is 228 g/mol. The average molecular weight is 241 g/mol. The Bertz CT molecular complexity index is 471. The molecule has 0 radical (unpaired) electrons. The second kappa shape index (κ2) is 4.29. The molecule has 1 atom stereocenters. The molecule has 3 N–H and O–H groups in total. The van der Waals surface area contributed by atoms with E-state index >= 15 is 0 Å². The average Bonchev–Trinajstić information content (AvgIpc) is 2.80. The molecule has 0 spiro atoms. The zero-order chi connectivity index (χ0) is 11.7. The van der Waals surface area contributed by atoms with Crippen molar-refractivity contribution in [2.45, 2.75) is 13.0 Å². The summed E-state index contributed by atoms with van der Waals surface area (Å²) >= 11 is 6.07. The van der Waals surface area contributed by atoms with E-state index < -0.39 is 0 Å². The fraction of sp³-hybridized carbons (Fsp3) is 0.300. The number of halogens is 1. The predicted molar refractivity (Wildman–Crippen MR) is 60.8 cm³/mol. The van der Waals surface area contributed by atoms with Crippen LogP contribution in [0.15, 0.2) is 22.9 Å². The summed E-state index contributed by atoms with van der Waals surface area (Å²) in [6.07, 6.45) is 3.25. The Morgan fingerprint density at radius 2 is 2.38 bits per heavy atom. The third kappa shape index (κ3) is 1.84. The first-order chi connectivity index (χ1) is 7.63. The summed E-state index contributed by atoms with van der Waals surface area (Å²) in [4.78, 5) is 0. The topological polar surface area (TPSA) is 69.0 Å². The molecule has 2 aromatic heterocycles. The molecule has 16 heavy (non-hydrogen) atoms. The van der Waals surface area contributed by atoms with Crippen molar-refractivity contribution in [2.24, 2.45) is 12.9 Å². The highest BCUT2D eigenvalue weighted by molar-refractivity contribution is 6.31. The summed E-state index contributed by atoms with van der Waals surface area (Å²) in [5.74, 6) is 6.38. The largest absolute Gasteiger partial charge is 0.469 e. The van der Waals surface area contributed by atoms with E-state index in [1.54, 1.807) is 17.1 Å². The number of hydrogen-bond acceptors (Lipinski definition) is 4. The Kier molecular flexibility index (Phi) is 3.00. The van der Waals surface area contributed by atoms with Crippen molar-refractivity contribution in [1.29, 1.82) is 0 Å². The molecule has 2 heterocycles. The van der Waals surface area contributed by atoms with Crippen LogP contribution in [0.2, 0.25) is 5.02 Å². The first-order valence-corrected chi connectivity index (χ1v) is 5.20. The van der Waals surface area contributed by atoms with Crippen LogP contribution in [0, 0.1) is 6.92 Å². The molecule has 5 nitrogen and oxygen atoms in total. The molecule has 0 aliphatic heterocycles. The molecule has 0 saturated heterocycles. The lowest BCUT2D eigenvalue weighted by molar-refractivity contribution is 0.520. The van der Waals surface area contributed by atoms with E-state index in [2.05, 4.69) is 10.5 Å². The number of nitrogens with zero attached hydrogens (tertiary/aromatic N) is 2. The van der Waals surface area contributed by atoms with Crippen LogP contribution in [0.3, 0.4) is 0 Å². The predicted octanol–water partition coefficient (Wildman–Crippen LogP) is 1.53. The molecule has 2 rings (SSSR count). The molecule has 0 aromatic carbocycles. The van der Waals surface area contributed by atoms with Crippen LogP contribution in [0.5, 0.6) is 0 Å². The number of aryl methyl sites for hydroxylation is 2. The van der Waals surface area contributed by atoms with Gasteiger partial charge in [-0.15, -0.1) is 0 Å². The van der Waals surface area contributed by atoms with Gasteiger partial charge in [0.05, 0.1) is 29.2 Å². The molecule has 6 heteroatoms. The lowest BCUT2D eigenvalue weighted by atomic mass is 10.1. The molecular formula is C10H13ClN4O. The number of nitrogens with one attached hydrogen (secondary N) is 1. The van der Waals surface area contributed by atoms with Crippen LogP contribution >= 0.6 is 11.6 Å². The monoisotopic (exact) mass is 240 g/mol. The Labute approximate surface area is 98.1 Å². The molecule has 86 valence electrons. The van der Waals surface area contributed by atoms with Gasteiger partial charge in [0, 0.05) is 12.6 Å². The van der Waals surface area contributed by atoms with Crippen molar-refractivity contribution in [3.05, 3.63) is 40.6 Å². The highest BCUT2D eigenvalue weighted by atomic mass is 35.5. The van der Waals surface area contributed by atoms with E-state index in [1.165, 1.54) is 0 Å². The van der Waals surface area contributed by atoms with Gasteiger partial charge in [-0.1, -0.05) is 11.6 Å². The fourth-order valence-corrected chi connectivity index (χ4v) is 1.97. The summed E-state index contributed by atoms with van der Waals surface area (Å²) in [7, 11) is 1.82. The minimum atomic E-state index is -0.225. The maximum Gasteiger partial charge on any atom is 0.101 e. The summed E-state index contributed by atoms with van der Waals surface area (Å²) in [6, 6.07) is 1.69. The number of rotatable bonds is 3. The highest BCUT2D eigenvalue weighted by Crippen LogP contribution is 2.28. The zero-order valence-electron chi connectivity index (χ0n) is 9.07. The van der Waals surface area contributed by atoms with E-state index in [0.717, 1.165) is 17.0 Å². The van der Waals surface area contributed by atoms with Gasteiger partial charge < -0.3 is 4.42 Å². The van der Waals surface area contributed by atoms with Crippen LogP contribution < -0.4 is 11.3 Å². The first-order valence-electron chi connectivity index (χ1n) is 4.82. The van der Waals surface area contributed by atoms with Gasteiger partial charge in [-0.3, -0.25) is 10.5 Å². The molecule has 0 fully saturated rings. The van der Waals surface area contributed by atoms with E-state index in [1.807, 2.05) is 20.0 Å². The van der Waals surface area contributed by atoms with Crippen LogP contribution in [-0.2, 0) is 7.05 Å². The maximum atomic E-state index is 6.07. The Morgan fingerprint density at radius 3 is 2.81 bits per heavy atom. The van der Waals surface area contributed by atoms with E-state index in [4.69, 9.17) is 21.9 Å². The fourth-order valence-electron chi connectivity index (χ4n) is 1.69. The molecule has 0 aliphatic rings. The minimum Gasteiger partial charge on any atom is -0.469 e. The molecule has 1 unspecified atom stereocenters. The van der Waals surface area contributed by atoms with E-state index in [0.29, 0.717) is 5.02 Å². The summed E-state index contributed by atoms with van der Waals surface area (Å²) < 4.78 is 6.95. The Balaban J connectivity index is 2.44. The van der Waals surface area contributed by atoms with Crippen molar-refractivity contribution in [1.82, 2.24) is 15.2 Å². The van der Waals surface area contributed by atoms with E-state index in [-0.39, 0.29) is 6.04 Å². The zero-order valence-corrected chi connectivity index (χ0v) is 9.82. The number of nitrogens with two attached hydrogens (primary N) is 1. The van der Waals surface area contributed by atoms with E-state index in [9.17, 15) is 0 Å². The van der Waals surface area contributed by atoms with Gasteiger partial charge in [-0.25, -0.2) is 5.43 Å². The third-order valence-corrected chi connectivity index (χ3v) is 2.75. The SMILES string of the molecule is Cc1cc(C(NN)c2c(Cl)cnn2C)co1. The Morgan fingerprint density at radius 1 is 1.62 bits per heavy atom. The smallest absolute Gasteiger partial charge is 0.101 e. The van der Waals surface area contributed by atoms with Gasteiger partial charge >= 0.3 is 0 Å². The van der Waals surface area contributed by atoms with Crippen LogP contribution in [-0.4, -0.2) is 9.78 Å². The minimum absolute atomic E-state index is 0.225. The summed E-state index contributed by atoms with van der Waals surface area (Å²) in [6.45, 7) is 1.88. The maximum absolute atomic E-state index is 6.07. The van der Waals surface area contributed by atoms with Gasteiger partial charge in [-0.2, -0.15) is 5.10 Å². The number of furan rings is 1. The van der Waals surface area contributed by atoms with Gasteiger partial charge in [0.25, 0.3) is 0 Å². The second-order valence-corrected chi connectivity index (χ2v) is 4.00. The third-order valence-electron chi connectivity index (χ3n) is 2.46. The second-order valence-electron chi connectivity index (χ2n) is 3.59. The standard InChI is InChI=1S/C10H13ClN4O/c1-6-3-7(5-16-6)9(14-12)10-8(11)4-13-15(10)2/h3-5,9,14H,12H2,1-2H3. The van der Waals surface area contributed by atoms with Crippen molar-refractivity contribution in [3.8, 4) is 0 Å². The van der Waals surface area contributed by atoms with Crippen LogP contribution in [0.25, 0.3) is 0 Å². The van der Waals surface area contributed by atoms with Crippen molar-refractivity contribution < 1.29 is 4.42 Å². The molecule has 0 amide bonds. The van der Waals surface area contributed by atoms with Gasteiger partial charge in [0.2, 0.25) is 0 Å². The lowest BCUT2D eigenvalue weighted by Gasteiger charge is -2.14. The normalized spacial score (nSPS) is 13.0. The van der Waals surface area contributed by atoms with Gasteiger partial charge in [0.1, 0.15) is 5.76 Å². The molecule has 2 aromatic rings. The molecule has 0 saturated carbocycles. The molecule has 0 bridgehead atoms. The summed E-state index contributed by atoms with van der Waals surface area (Å²) in [5, 5.41) is 4.65. The first kappa shape index (κ1) is 11.2. The van der Waals surface area contributed by atoms with Crippen molar-refractivity contribution in [2.75, 3.05) is 0 Å². The van der Waals surface area contributed by atoms with Gasteiger partial charge in [-0.05, 0) is 13.0 Å². The van der Waals surface area contributed by atoms with Crippen molar-refractivity contribution >= 4 is 11.6 Å². The molecule has 0 aliphatic carbocycles. The number of hydrogen-bond donors (Lipinski definition) is 2. The summed E-state index contributed by atoms with van der Waals surface area (Å²) in [5.41, 5.74) is 4.44. The quantitative estimate of drug-likeness (QED) is 0.631. The van der Waals surface area contributed by atoms with Crippen LogP contribution in [0.4, 0.5) is 0 Å². The Hall–Kier alpha value is -1.30. The van der Waals surface area contributed by atoms with Gasteiger partial charge in [0.15, 0.2) is 0 Å². The van der Waals surface area contributed by atoms with Crippen LogP contribution in [0.1, 0.15) is 23.1 Å². The number of aromatic nitrogens is 2. The highest BCUT2D eigenvalue weighted by Gasteiger charge is 2.21.